The van der Waals surface area contributed by atoms with Crippen molar-refractivity contribution in [3.8, 4) is 5.75 Å². The van der Waals surface area contributed by atoms with Crippen LogP contribution in [0.4, 0.5) is 0 Å². The topological polar surface area (TPSA) is 30.5 Å². The molecule has 4 heteroatoms. The van der Waals surface area contributed by atoms with Crippen molar-refractivity contribution < 1.29 is 9.47 Å². The number of hydrogen-bond acceptors (Lipinski definition) is 3. The molecule has 3 nitrogen and oxygen atoms in total. The summed E-state index contributed by atoms with van der Waals surface area (Å²) < 4.78 is 12.2. The lowest BCUT2D eigenvalue weighted by Gasteiger charge is -2.16. The van der Waals surface area contributed by atoms with Gasteiger partial charge in [0, 0.05) is 12.5 Å². The molecule has 0 aromatic heterocycles. The van der Waals surface area contributed by atoms with E-state index in [2.05, 4.69) is 40.3 Å². The van der Waals surface area contributed by atoms with Gasteiger partial charge in [0.15, 0.2) is 0 Å². The molecule has 2 rings (SSSR count). The third-order valence-corrected chi connectivity index (χ3v) is 3.69. The zero-order valence-electron chi connectivity index (χ0n) is 10.2. The summed E-state index contributed by atoms with van der Waals surface area (Å²) in [7, 11) is 1.96. The van der Waals surface area contributed by atoms with Gasteiger partial charge in [0.05, 0.1) is 17.7 Å². The van der Waals surface area contributed by atoms with Gasteiger partial charge in [-0.1, -0.05) is 6.07 Å². The minimum absolute atomic E-state index is 0.193. The van der Waals surface area contributed by atoms with Crippen molar-refractivity contribution in [2.75, 3.05) is 20.3 Å². The second-order valence-electron chi connectivity index (χ2n) is 4.30. The summed E-state index contributed by atoms with van der Waals surface area (Å²) in [6.07, 6.45) is 1.17. The summed E-state index contributed by atoms with van der Waals surface area (Å²) in [4.78, 5) is 0. The largest absolute Gasteiger partial charge is 0.487 e. The first-order valence-electron chi connectivity index (χ1n) is 5.92. The molecule has 1 fully saturated rings. The molecule has 17 heavy (non-hydrogen) atoms. The van der Waals surface area contributed by atoms with E-state index in [4.69, 9.17) is 9.47 Å². The Bertz CT molecular complexity index is 378. The molecule has 0 radical (unpaired) electrons. The van der Waals surface area contributed by atoms with Crippen molar-refractivity contribution in [3.05, 3.63) is 28.2 Å². The Labute approximate surface area is 111 Å². The fourth-order valence-electron chi connectivity index (χ4n) is 1.83. The van der Waals surface area contributed by atoms with Crippen LogP contribution in [0.3, 0.4) is 0 Å². The summed E-state index contributed by atoms with van der Waals surface area (Å²) in [5.41, 5.74) is 1.24. The average molecular weight is 300 g/mol. The normalized spacial score (nSPS) is 21.5. The highest BCUT2D eigenvalue weighted by Crippen LogP contribution is 2.30. The van der Waals surface area contributed by atoms with Gasteiger partial charge in [0.1, 0.15) is 11.9 Å². The van der Waals surface area contributed by atoms with Crippen molar-refractivity contribution >= 4 is 15.9 Å². The smallest absolute Gasteiger partial charge is 0.134 e. The maximum atomic E-state index is 5.88. The van der Waals surface area contributed by atoms with Gasteiger partial charge in [-0.25, -0.2) is 0 Å². The number of benzene rings is 1. The second-order valence-corrected chi connectivity index (χ2v) is 5.16. The summed E-state index contributed by atoms with van der Waals surface area (Å²) in [6, 6.07) is 6.56. The van der Waals surface area contributed by atoms with E-state index in [1.54, 1.807) is 0 Å². The molecule has 2 unspecified atom stereocenters. The van der Waals surface area contributed by atoms with Gasteiger partial charge in [-0.2, -0.15) is 0 Å². The molecule has 94 valence electrons. The minimum Gasteiger partial charge on any atom is -0.487 e. The Morgan fingerprint density at radius 3 is 2.94 bits per heavy atom. The lowest BCUT2D eigenvalue weighted by molar-refractivity contribution is 0.141. The summed E-state index contributed by atoms with van der Waals surface area (Å²) >= 11 is 3.56. The van der Waals surface area contributed by atoms with Crippen LogP contribution in [0.25, 0.3) is 0 Å². The first-order chi connectivity index (χ1) is 8.20. The Kier molecular flexibility index (Phi) is 4.42. The van der Waals surface area contributed by atoms with E-state index in [0.717, 1.165) is 23.2 Å². The maximum absolute atomic E-state index is 5.88. The number of ether oxygens (including phenoxy) is 2. The van der Waals surface area contributed by atoms with Crippen molar-refractivity contribution in [1.82, 2.24) is 5.32 Å². The van der Waals surface area contributed by atoms with Crippen LogP contribution in [0, 0.1) is 0 Å². The van der Waals surface area contributed by atoms with Gasteiger partial charge in [-0.15, -0.1) is 0 Å². The van der Waals surface area contributed by atoms with Crippen LogP contribution in [0.2, 0.25) is 0 Å². The van der Waals surface area contributed by atoms with Crippen LogP contribution in [-0.4, -0.2) is 26.4 Å². The van der Waals surface area contributed by atoms with Crippen LogP contribution in [-0.2, 0) is 4.74 Å². The first kappa shape index (κ1) is 12.9. The van der Waals surface area contributed by atoms with Crippen LogP contribution >= 0.6 is 15.9 Å². The van der Waals surface area contributed by atoms with E-state index in [9.17, 15) is 0 Å². The van der Waals surface area contributed by atoms with Gasteiger partial charge < -0.3 is 14.8 Å². The zero-order chi connectivity index (χ0) is 12.3. The quantitative estimate of drug-likeness (QED) is 0.927. The van der Waals surface area contributed by atoms with Crippen LogP contribution in [0.5, 0.6) is 5.75 Å². The van der Waals surface area contributed by atoms with Crippen molar-refractivity contribution in [3.63, 3.8) is 0 Å². The maximum Gasteiger partial charge on any atom is 0.134 e. The van der Waals surface area contributed by atoms with E-state index >= 15 is 0 Å². The molecule has 2 atom stereocenters. The van der Waals surface area contributed by atoms with Crippen molar-refractivity contribution in [1.29, 1.82) is 0 Å². The van der Waals surface area contributed by atoms with E-state index in [-0.39, 0.29) is 6.10 Å². The Morgan fingerprint density at radius 2 is 2.35 bits per heavy atom. The van der Waals surface area contributed by atoms with Gasteiger partial charge in [0.25, 0.3) is 0 Å². The predicted molar refractivity (Wildman–Crippen MR) is 71.5 cm³/mol. The molecular weight excluding hydrogens is 282 g/mol. The molecule has 0 saturated carbocycles. The molecule has 1 aliphatic rings. The van der Waals surface area contributed by atoms with Gasteiger partial charge in [0.2, 0.25) is 0 Å². The first-order valence-corrected chi connectivity index (χ1v) is 6.71. The molecule has 1 aromatic rings. The molecule has 1 aliphatic heterocycles. The van der Waals surface area contributed by atoms with Gasteiger partial charge >= 0.3 is 0 Å². The molecule has 0 spiro atoms. The Morgan fingerprint density at radius 1 is 1.53 bits per heavy atom. The Balaban J connectivity index is 2.08. The predicted octanol–water partition coefficient (Wildman–Crippen LogP) is 2.90. The van der Waals surface area contributed by atoms with Gasteiger partial charge in [-0.3, -0.25) is 0 Å². The highest BCUT2D eigenvalue weighted by molar-refractivity contribution is 9.10. The average Bonchev–Trinajstić information content (AvgIpc) is 2.83. The number of rotatable bonds is 4. The molecule has 1 saturated heterocycles. The monoisotopic (exact) mass is 299 g/mol. The van der Waals surface area contributed by atoms with Crippen LogP contribution < -0.4 is 10.1 Å². The Hall–Kier alpha value is -0.580. The lowest BCUT2D eigenvalue weighted by Crippen LogP contribution is -2.16. The molecule has 1 N–H and O–H groups in total. The number of halogens is 1. The van der Waals surface area contributed by atoms with E-state index in [1.807, 2.05) is 13.1 Å². The summed E-state index contributed by atoms with van der Waals surface area (Å²) in [5.74, 6) is 0.896. The zero-order valence-corrected chi connectivity index (χ0v) is 11.8. The van der Waals surface area contributed by atoms with Crippen molar-refractivity contribution in [2.45, 2.75) is 25.5 Å². The molecule has 1 heterocycles. The van der Waals surface area contributed by atoms with E-state index in [1.165, 1.54) is 5.56 Å². The van der Waals surface area contributed by atoms with E-state index in [0.29, 0.717) is 12.6 Å². The van der Waals surface area contributed by atoms with Crippen LogP contribution in [0.1, 0.15) is 24.9 Å². The minimum atomic E-state index is 0.193. The lowest BCUT2D eigenvalue weighted by atomic mass is 10.1. The third-order valence-electron chi connectivity index (χ3n) is 3.07. The molecule has 0 bridgehead atoms. The standard InChI is InChI=1S/C13H18BrNO2/c1-9(15-2)10-3-4-13(12(14)7-10)17-11-5-6-16-8-11/h3-4,7,9,11,15H,5-6,8H2,1-2H3. The highest BCUT2D eigenvalue weighted by atomic mass is 79.9. The summed E-state index contributed by atoms with van der Waals surface area (Å²) in [5, 5.41) is 3.22. The molecule has 0 amide bonds. The highest BCUT2D eigenvalue weighted by Gasteiger charge is 2.18. The molecule has 0 aliphatic carbocycles. The fraction of sp³-hybridized carbons (Fsp3) is 0.538. The van der Waals surface area contributed by atoms with E-state index < -0.39 is 0 Å². The van der Waals surface area contributed by atoms with Crippen molar-refractivity contribution in [2.24, 2.45) is 0 Å². The van der Waals surface area contributed by atoms with Gasteiger partial charge in [-0.05, 0) is 47.6 Å². The SMILES string of the molecule is CNC(C)c1ccc(OC2CCOC2)c(Br)c1. The summed E-state index contributed by atoms with van der Waals surface area (Å²) in [6.45, 7) is 3.63. The number of hydrogen-bond donors (Lipinski definition) is 1. The second kappa shape index (κ2) is 5.85. The van der Waals surface area contributed by atoms with Crippen LogP contribution in [0.15, 0.2) is 22.7 Å². The molecular formula is C13H18BrNO2. The fourth-order valence-corrected chi connectivity index (χ4v) is 2.32. The molecule has 1 aromatic carbocycles. The number of nitrogens with one attached hydrogen (secondary N) is 1. The third kappa shape index (κ3) is 3.21.